The highest BCUT2D eigenvalue weighted by Crippen LogP contribution is 2.33. The molecule has 182 valence electrons. The number of ether oxygens (including phenoxy) is 2. The molecule has 1 aromatic heterocycles. The molecule has 2 aromatic rings. The van der Waals surface area contributed by atoms with Crippen molar-refractivity contribution in [2.75, 3.05) is 13.7 Å². The number of rotatable bonds is 14. The summed E-state index contributed by atoms with van der Waals surface area (Å²) in [7, 11) is 1.42. The molecule has 0 radical (unpaired) electrons. The first-order valence-corrected chi connectivity index (χ1v) is 12.2. The number of fused-ring (bicyclic) bond motifs is 1. The maximum Gasteiger partial charge on any atom is 0.297 e. The fraction of sp³-hybridized carbons (Fsp3) is 0.536. The highest BCUT2D eigenvalue weighted by molar-refractivity contribution is 5.88. The molecule has 5 heteroatoms. The van der Waals surface area contributed by atoms with E-state index in [2.05, 4.69) is 39.8 Å². The van der Waals surface area contributed by atoms with Gasteiger partial charge in [-0.3, -0.25) is 4.79 Å². The predicted molar refractivity (Wildman–Crippen MR) is 138 cm³/mol. The zero-order valence-corrected chi connectivity index (χ0v) is 21.1. The Morgan fingerprint density at radius 1 is 1.06 bits per heavy atom. The number of aromatic nitrogens is 1. The number of methoxy groups -OCH3 is 1. The zero-order valence-electron chi connectivity index (χ0n) is 21.1. The maximum atomic E-state index is 13.0. The molecule has 1 aromatic carbocycles. The van der Waals surface area contributed by atoms with Crippen molar-refractivity contribution in [2.45, 2.75) is 85.6 Å². The van der Waals surface area contributed by atoms with Crippen molar-refractivity contribution in [2.24, 2.45) is 0 Å². The van der Waals surface area contributed by atoms with Crippen molar-refractivity contribution in [1.82, 2.24) is 4.57 Å². The Bertz CT molecular complexity index is 1010. The van der Waals surface area contributed by atoms with Crippen molar-refractivity contribution in [3.8, 4) is 17.2 Å². The van der Waals surface area contributed by atoms with Gasteiger partial charge in [0, 0.05) is 18.0 Å². The Hall–Kier alpha value is -2.69. The van der Waals surface area contributed by atoms with Crippen LogP contribution in [0.1, 0.15) is 79.1 Å². The lowest BCUT2D eigenvalue weighted by Gasteiger charge is -2.15. The standard InChI is InChI=1S/C28H41NO4/c1-6-7-8-9-10-11-18-29-25-20-23(33-19-17-22(4)14-12-13-21(2)3)15-16-24(25)26(30)27(32-5)28(29)31/h13,15-17,20,30H,6-12,14,18-19H2,1-5H3/b22-17+. The van der Waals surface area contributed by atoms with Gasteiger partial charge in [0.2, 0.25) is 5.75 Å². The monoisotopic (exact) mass is 455 g/mol. The van der Waals surface area contributed by atoms with Crippen molar-refractivity contribution < 1.29 is 14.6 Å². The van der Waals surface area contributed by atoms with Crippen molar-refractivity contribution in [3.63, 3.8) is 0 Å². The zero-order chi connectivity index (χ0) is 24.2. The van der Waals surface area contributed by atoms with E-state index in [4.69, 9.17) is 9.47 Å². The van der Waals surface area contributed by atoms with E-state index in [9.17, 15) is 9.90 Å². The second-order valence-corrected chi connectivity index (χ2v) is 8.97. The molecule has 0 fully saturated rings. The number of unbranched alkanes of at least 4 members (excludes halogenated alkanes) is 5. The topological polar surface area (TPSA) is 60.7 Å². The molecule has 2 rings (SSSR count). The van der Waals surface area contributed by atoms with Crippen LogP contribution in [0.15, 0.2) is 46.3 Å². The molecule has 33 heavy (non-hydrogen) atoms. The van der Waals surface area contributed by atoms with Crippen LogP contribution >= 0.6 is 0 Å². The van der Waals surface area contributed by atoms with Crippen LogP contribution in [0.4, 0.5) is 0 Å². The summed E-state index contributed by atoms with van der Waals surface area (Å²) in [5.74, 6) is 0.562. The fourth-order valence-electron chi connectivity index (χ4n) is 3.91. The van der Waals surface area contributed by atoms with Gasteiger partial charge >= 0.3 is 0 Å². The predicted octanol–water partition coefficient (Wildman–Crippen LogP) is 7.15. The molecule has 0 atom stereocenters. The van der Waals surface area contributed by atoms with Gasteiger partial charge in [-0.15, -0.1) is 0 Å². The van der Waals surface area contributed by atoms with E-state index >= 15 is 0 Å². The third kappa shape index (κ3) is 7.99. The van der Waals surface area contributed by atoms with Crippen LogP contribution in [0, 0.1) is 0 Å². The Morgan fingerprint density at radius 2 is 1.79 bits per heavy atom. The number of aryl methyl sites for hydroxylation is 1. The highest BCUT2D eigenvalue weighted by Gasteiger charge is 2.17. The first-order valence-electron chi connectivity index (χ1n) is 12.2. The molecule has 0 saturated carbocycles. The molecule has 0 saturated heterocycles. The van der Waals surface area contributed by atoms with Crippen molar-refractivity contribution in [3.05, 3.63) is 51.9 Å². The molecule has 1 N–H and O–H groups in total. The van der Waals surface area contributed by atoms with E-state index in [0.29, 0.717) is 29.8 Å². The number of hydrogen-bond donors (Lipinski definition) is 1. The van der Waals surface area contributed by atoms with Crippen molar-refractivity contribution in [1.29, 1.82) is 0 Å². The van der Waals surface area contributed by atoms with Crippen molar-refractivity contribution >= 4 is 10.9 Å². The van der Waals surface area contributed by atoms with Gasteiger partial charge in [-0.05, 0) is 58.2 Å². The summed E-state index contributed by atoms with van der Waals surface area (Å²) in [6.45, 7) is 9.60. The van der Waals surface area contributed by atoms with Crippen LogP contribution < -0.4 is 15.0 Å². The second kappa shape index (κ2) is 13.8. The molecular weight excluding hydrogens is 414 g/mol. The van der Waals surface area contributed by atoms with Gasteiger partial charge in [-0.2, -0.15) is 0 Å². The van der Waals surface area contributed by atoms with Crippen LogP contribution in [0.3, 0.4) is 0 Å². The number of aromatic hydroxyl groups is 1. The average Bonchev–Trinajstić information content (AvgIpc) is 2.78. The first-order chi connectivity index (χ1) is 15.9. The molecule has 5 nitrogen and oxygen atoms in total. The molecule has 0 spiro atoms. The SMILES string of the molecule is CCCCCCCCn1c(=O)c(OC)c(O)c2ccc(OC/C=C(\C)CCC=C(C)C)cc21. The Labute approximate surface area is 198 Å². The lowest BCUT2D eigenvalue weighted by atomic mass is 10.1. The van der Waals surface area contributed by atoms with Crippen LogP contribution in [0.5, 0.6) is 17.2 Å². The van der Waals surface area contributed by atoms with Crippen LogP contribution in [0.2, 0.25) is 0 Å². The van der Waals surface area contributed by atoms with E-state index in [1.54, 1.807) is 10.6 Å². The van der Waals surface area contributed by atoms with Gasteiger partial charge in [-0.1, -0.05) is 56.3 Å². The lowest BCUT2D eigenvalue weighted by Crippen LogP contribution is -2.22. The molecule has 0 aliphatic rings. The Balaban J connectivity index is 2.18. The Kier molecular flexibility index (Phi) is 11.1. The molecule has 0 amide bonds. The smallest absolute Gasteiger partial charge is 0.297 e. The number of pyridine rings is 1. The Morgan fingerprint density at radius 3 is 2.48 bits per heavy atom. The lowest BCUT2D eigenvalue weighted by molar-refractivity contribution is 0.360. The second-order valence-electron chi connectivity index (χ2n) is 8.97. The minimum absolute atomic E-state index is 0.00271. The third-order valence-electron chi connectivity index (χ3n) is 5.88. The van der Waals surface area contributed by atoms with E-state index in [1.165, 1.54) is 43.9 Å². The van der Waals surface area contributed by atoms with Gasteiger partial charge in [0.1, 0.15) is 12.4 Å². The van der Waals surface area contributed by atoms with Gasteiger partial charge < -0.3 is 19.1 Å². The molecule has 0 unspecified atom stereocenters. The normalized spacial score (nSPS) is 11.6. The van der Waals surface area contributed by atoms with Gasteiger partial charge in [0.05, 0.1) is 12.6 Å². The number of hydrogen-bond acceptors (Lipinski definition) is 4. The third-order valence-corrected chi connectivity index (χ3v) is 5.88. The van der Waals surface area contributed by atoms with Gasteiger partial charge in [0.15, 0.2) is 5.75 Å². The summed E-state index contributed by atoms with van der Waals surface area (Å²) < 4.78 is 12.9. The number of allylic oxidation sites excluding steroid dienone is 3. The molecule has 1 heterocycles. The largest absolute Gasteiger partial charge is 0.504 e. The maximum absolute atomic E-state index is 13.0. The summed E-state index contributed by atoms with van der Waals surface area (Å²) in [4.78, 5) is 13.0. The van der Waals surface area contributed by atoms with Crippen LogP contribution in [-0.2, 0) is 6.54 Å². The molecule has 0 bridgehead atoms. The molecular formula is C28H41NO4. The molecule has 0 aliphatic carbocycles. The average molecular weight is 456 g/mol. The summed E-state index contributed by atoms with van der Waals surface area (Å²) in [5.41, 5.74) is 2.99. The van der Waals surface area contributed by atoms with E-state index in [0.717, 1.165) is 25.7 Å². The van der Waals surface area contributed by atoms with E-state index in [-0.39, 0.29) is 17.1 Å². The molecule has 0 aliphatic heterocycles. The van der Waals surface area contributed by atoms with Crippen LogP contribution in [-0.4, -0.2) is 23.4 Å². The minimum Gasteiger partial charge on any atom is -0.504 e. The van der Waals surface area contributed by atoms with Gasteiger partial charge in [-0.25, -0.2) is 0 Å². The quantitative estimate of drug-likeness (QED) is 0.243. The highest BCUT2D eigenvalue weighted by atomic mass is 16.5. The number of nitrogens with zero attached hydrogens (tertiary/aromatic N) is 1. The van der Waals surface area contributed by atoms with Gasteiger partial charge in [0.25, 0.3) is 5.56 Å². The van der Waals surface area contributed by atoms with E-state index < -0.39 is 0 Å². The summed E-state index contributed by atoms with van der Waals surface area (Å²) in [5, 5.41) is 11.2. The van der Waals surface area contributed by atoms with E-state index in [1.807, 2.05) is 12.1 Å². The minimum atomic E-state index is -0.303. The summed E-state index contributed by atoms with van der Waals surface area (Å²) >= 11 is 0. The fourth-order valence-corrected chi connectivity index (χ4v) is 3.91. The first kappa shape index (κ1) is 26.6. The van der Waals surface area contributed by atoms with Crippen LogP contribution in [0.25, 0.3) is 10.9 Å². The number of benzene rings is 1. The summed E-state index contributed by atoms with van der Waals surface area (Å²) in [6, 6.07) is 5.47. The summed E-state index contributed by atoms with van der Waals surface area (Å²) in [6.07, 6.45) is 13.2.